The van der Waals surface area contributed by atoms with Crippen molar-refractivity contribution in [3.8, 4) is 11.4 Å². The molecule has 0 aliphatic rings. The zero-order chi connectivity index (χ0) is 27.9. The Balaban J connectivity index is 1.59. The molecule has 0 saturated carbocycles. The summed E-state index contributed by atoms with van der Waals surface area (Å²) in [5.41, 5.74) is 4.52. The number of hydrogen-bond donors (Lipinski definition) is 1. The van der Waals surface area contributed by atoms with Gasteiger partial charge in [0.1, 0.15) is 5.82 Å². The summed E-state index contributed by atoms with van der Waals surface area (Å²) < 4.78 is 37.0. The Labute approximate surface area is 228 Å². The number of aryl methyl sites for hydroxylation is 1. The molecule has 0 fully saturated rings. The molecule has 8 nitrogen and oxygen atoms in total. The quantitative estimate of drug-likeness (QED) is 0.274. The maximum absolute atomic E-state index is 12.9. The fraction of sp³-hybridized carbons (Fsp3) is 0.333. The number of rotatable bonds is 8. The standard InChI is InChI=1S/C30H34N4O4S/c1-6-33-25-10-8-7-9-22(25)23-17-20(11-13-26(23)33)28-31-24-18-21(12-14-27(24)34(28)15-16-38-5)29(35)32-39(36,37)19-30(2,3)4/h7-14,17-18H,6,15-16,19H2,1-5H3,(H,32,35). The van der Waals surface area contributed by atoms with Gasteiger partial charge in [0.25, 0.3) is 5.91 Å². The number of methoxy groups -OCH3 is 1. The predicted octanol–water partition coefficient (Wildman–Crippen LogP) is 5.58. The van der Waals surface area contributed by atoms with Crippen LogP contribution in [0, 0.1) is 5.41 Å². The van der Waals surface area contributed by atoms with Crippen molar-refractivity contribution in [1.29, 1.82) is 0 Å². The maximum Gasteiger partial charge on any atom is 0.264 e. The van der Waals surface area contributed by atoms with Gasteiger partial charge in [0, 0.05) is 53.1 Å². The third-order valence-electron chi connectivity index (χ3n) is 6.75. The van der Waals surface area contributed by atoms with Crippen LogP contribution in [0.25, 0.3) is 44.2 Å². The van der Waals surface area contributed by atoms with Crippen LogP contribution in [0.1, 0.15) is 38.1 Å². The van der Waals surface area contributed by atoms with Crippen molar-refractivity contribution in [3.05, 3.63) is 66.2 Å². The van der Waals surface area contributed by atoms with E-state index < -0.39 is 21.3 Å². The first-order valence-corrected chi connectivity index (χ1v) is 14.7. The highest BCUT2D eigenvalue weighted by atomic mass is 32.2. The number of sulfonamides is 1. The van der Waals surface area contributed by atoms with E-state index in [1.54, 1.807) is 19.2 Å². The number of carbonyl (C=O) groups is 1. The summed E-state index contributed by atoms with van der Waals surface area (Å²) in [6.45, 7) is 9.51. The number of aromatic nitrogens is 3. The van der Waals surface area contributed by atoms with Gasteiger partial charge in [-0.05, 0) is 54.8 Å². The van der Waals surface area contributed by atoms with Crippen molar-refractivity contribution >= 4 is 48.8 Å². The molecule has 5 rings (SSSR count). The Bertz CT molecular complexity index is 1810. The highest BCUT2D eigenvalue weighted by molar-refractivity contribution is 7.90. The Kier molecular flexibility index (Phi) is 6.99. The molecule has 0 atom stereocenters. The second-order valence-corrected chi connectivity index (χ2v) is 12.7. The monoisotopic (exact) mass is 546 g/mol. The minimum absolute atomic E-state index is 0.152. The first kappa shape index (κ1) is 26.9. The highest BCUT2D eigenvalue weighted by Gasteiger charge is 2.24. The molecule has 9 heteroatoms. The zero-order valence-corrected chi connectivity index (χ0v) is 23.8. The van der Waals surface area contributed by atoms with Gasteiger partial charge in [0.2, 0.25) is 10.0 Å². The van der Waals surface area contributed by atoms with Gasteiger partial charge >= 0.3 is 0 Å². The van der Waals surface area contributed by atoms with Crippen LogP contribution >= 0.6 is 0 Å². The number of carbonyl (C=O) groups excluding carboxylic acids is 1. The van der Waals surface area contributed by atoms with Gasteiger partial charge in [-0.15, -0.1) is 0 Å². The summed E-state index contributed by atoms with van der Waals surface area (Å²) in [6.07, 6.45) is 0. The third-order valence-corrected chi connectivity index (χ3v) is 8.49. The van der Waals surface area contributed by atoms with Crippen LogP contribution in [0.4, 0.5) is 0 Å². The number of ether oxygens (including phenoxy) is 1. The summed E-state index contributed by atoms with van der Waals surface area (Å²) in [5, 5.41) is 2.34. The van der Waals surface area contributed by atoms with Crippen LogP contribution in [0.15, 0.2) is 60.7 Å². The molecule has 0 aliphatic carbocycles. The molecule has 2 aromatic heterocycles. The number of amides is 1. The minimum Gasteiger partial charge on any atom is -0.383 e. The normalized spacial score (nSPS) is 12.5. The smallest absolute Gasteiger partial charge is 0.264 e. The topological polar surface area (TPSA) is 95.2 Å². The molecule has 3 aromatic carbocycles. The molecule has 1 N–H and O–H groups in total. The number of para-hydroxylation sites is 1. The van der Waals surface area contributed by atoms with Crippen LogP contribution in [-0.2, 0) is 27.8 Å². The van der Waals surface area contributed by atoms with Crippen molar-refractivity contribution in [3.63, 3.8) is 0 Å². The number of hydrogen-bond acceptors (Lipinski definition) is 5. The summed E-state index contributed by atoms with van der Waals surface area (Å²) in [4.78, 5) is 17.8. The van der Waals surface area contributed by atoms with Gasteiger partial charge in [-0.25, -0.2) is 18.1 Å². The van der Waals surface area contributed by atoms with E-state index in [0.29, 0.717) is 18.7 Å². The number of benzene rings is 3. The molecule has 0 unspecified atom stereocenters. The van der Waals surface area contributed by atoms with Crippen LogP contribution < -0.4 is 4.72 Å². The Morgan fingerprint density at radius 2 is 1.67 bits per heavy atom. The molecule has 0 aliphatic heterocycles. The Morgan fingerprint density at radius 1 is 0.949 bits per heavy atom. The van der Waals surface area contributed by atoms with Gasteiger partial charge in [-0.2, -0.15) is 0 Å². The lowest BCUT2D eigenvalue weighted by Gasteiger charge is -2.18. The number of fused-ring (bicyclic) bond motifs is 4. The number of nitrogens with zero attached hydrogens (tertiary/aromatic N) is 3. The van der Waals surface area contributed by atoms with Gasteiger partial charge in [0.15, 0.2) is 0 Å². The molecular formula is C30H34N4O4S. The molecule has 1 amide bonds. The summed E-state index contributed by atoms with van der Waals surface area (Å²) >= 11 is 0. The molecule has 204 valence electrons. The fourth-order valence-electron chi connectivity index (χ4n) is 5.24. The van der Waals surface area contributed by atoms with Crippen molar-refractivity contribution in [2.75, 3.05) is 19.5 Å². The van der Waals surface area contributed by atoms with Crippen molar-refractivity contribution < 1.29 is 17.9 Å². The van der Waals surface area contributed by atoms with E-state index in [1.165, 1.54) is 10.9 Å². The average Bonchev–Trinajstić information content (AvgIpc) is 3.40. The summed E-state index contributed by atoms with van der Waals surface area (Å²) in [7, 11) is -2.12. The van der Waals surface area contributed by atoms with Crippen LogP contribution in [0.5, 0.6) is 0 Å². The number of nitrogens with one attached hydrogen (secondary N) is 1. The van der Waals surface area contributed by atoms with Crippen molar-refractivity contribution in [2.45, 2.75) is 40.8 Å². The zero-order valence-electron chi connectivity index (χ0n) is 23.0. The van der Waals surface area contributed by atoms with E-state index in [2.05, 4.69) is 63.2 Å². The average molecular weight is 547 g/mol. The lowest BCUT2D eigenvalue weighted by atomic mass is 10.0. The van der Waals surface area contributed by atoms with Gasteiger partial charge < -0.3 is 13.9 Å². The maximum atomic E-state index is 12.9. The lowest BCUT2D eigenvalue weighted by molar-refractivity contribution is 0.0981. The lowest BCUT2D eigenvalue weighted by Crippen LogP contribution is -2.36. The molecule has 5 aromatic rings. The van der Waals surface area contributed by atoms with Gasteiger partial charge in [-0.3, -0.25) is 4.79 Å². The SMILES string of the molecule is CCn1c2ccccc2c2cc(-c3nc4cc(C(=O)NS(=O)(=O)CC(C)(C)C)ccc4n3CCOC)ccc21. The molecule has 0 bridgehead atoms. The van der Waals surface area contributed by atoms with E-state index >= 15 is 0 Å². The van der Waals surface area contributed by atoms with E-state index in [1.807, 2.05) is 26.8 Å². The number of imidazole rings is 1. The second-order valence-electron chi connectivity index (χ2n) is 11.0. The minimum atomic E-state index is -3.78. The van der Waals surface area contributed by atoms with E-state index in [4.69, 9.17) is 9.72 Å². The van der Waals surface area contributed by atoms with Crippen molar-refractivity contribution in [2.24, 2.45) is 5.41 Å². The highest BCUT2D eigenvalue weighted by Crippen LogP contribution is 2.33. The van der Waals surface area contributed by atoms with E-state index in [9.17, 15) is 13.2 Å². The van der Waals surface area contributed by atoms with E-state index in [0.717, 1.165) is 34.4 Å². The summed E-state index contributed by atoms with van der Waals surface area (Å²) in [6, 6.07) is 19.9. The van der Waals surface area contributed by atoms with Gasteiger partial charge in [-0.1, -0.05) is 39.0 Å². The molecule has 0 radical (unpaired) electrons. The van der Waals surface area contributed by atoms with Crippen LogP contribution in [0.3, 0.4) is 0 Å². The van der Waals surface area contributed by atoms with Crippen LogP contribution in [0.2, 0.25) is 0 Å². The molecule has 0 spiro atoms. The molecule has 2 heterocycles. The predicted molar refractivity (Wildman–Crippen MR) is 156 cm³/mol. The molecule has 39 heavy (non-hydrogen) atoms. The van der Waals surface area contributed by atoms with Crippen molar-refractivity contribution in [1.82, 2.24) is 18.8 Å². The largest absolute Gasteiger partial charge is 0.383 e. The fourth-order valence-corrected chi connectivity index (χ4v) is 6.85. The molecular weight excluding hydrogens is 512 g/mol. The second kappa shape index (κ2) is 10.1. The van der Waals surface area contributed by atoms with E-state index in [-0.39, 0.29) is 11.3 Å². The first-order valence-electron chi connectivity index (χ1n) is 13.1. The molecule has 0 saturated heterocycles. The third kappa shape index (κ3) is 5.29. The first-order chi connectivity index (χ1) is 18.5. The Hall–Kier alpha value is -3.69. The van der Waals surface area contributed by atoms with Crippen LogP contribution in [-0.4, -0.2) is 47.9 Å². The Morgan fingerprint density at radius 3 is 2.38 bits per heavy atom. The summed E-state index contributed by atoms with van der Waals surface area (Å²) in [5.74, 6) is -0.0566. The van der Waals surface area contributed by atoms with Gasteiger partial charge in [0.05, 0.1) is 23.4 Å².